The Labute approximate surface area is 130 Å². The zero-order valence-corrected chi connectivity index (χ0v) is 14.0. The van der Waals surface area contributed by atoms with Gasteiger partial charge in [0.25, 0.3) is 0 Å². The fourth-order valence-electron chi connectivity index (χ4n) is 1.80. The van der Waals surface area contributed by atoms with Crippen LogP contribution in [-0.2, 0) is 6.54 Å². The van der Waals surface area contributed by atoms with Crippen molar-refractivity contribution in [2.45, 2.75) is 44.7 Å². The molecule has 0 aliphatic carbocycles. The molecule has 0 aliphatic rings. The van der Waals surface area contributed by atoms with Crippen LogP contribution in [0.25, 0.3) is 10.6 Å². The first-order valence-corrected chi connectivity index (χ1v) is 9.00. The van der Waals surface area contributed by atoms with E-state index in [1.54, 1.807) is 11.3 Å². The van der Waals surface area contributed by atoms with E-state index >= 15 is 0 Å². The molecule has 20 heavy (non-hydrogen) atoms. The van der Waals surface area contributed by atoms with Gasteiger partial charge in [0.2, 0.25) is 0 Å². The Balaban J connectivity index is 2.00. The Morgan fingerprint density at radius 1 is 1.25 bits per heavy atom. The molecule has 0 radical (unpaired) electrons. The zero-order valence-electron chi connectivity index (χ0n) is 12.3. The number of thiazole rings is 1. The predicted octanol–water partition coefficient (Wildman–Crippen LogP) is 4.81. The molecule has 1 atom stereocenters. The van der Waals surface area contributed by atoms with Gasteiger partial charge in [-0.2, -0.15) is 0 Å². The van der Waals surface area contributed by atoms with E-state index in [4.69, 9.17) is 4.98 Å². The summed E-state index contributed by atoms with van der Waals surface area (Å²) in [7, 11) is 0. The standard InChI is InChI=1S/C16H22N2S2/c1-4-12(3)17-10-14-11-20-16(18-14)13-6-8-15(9-7-13)19-5-2/h6-9,11-12,17H,4-5,10H2,1-3H3. The van der Waals surface area contributed by atoms with E-state index in [0.717, 1.165) is 29.4 Å². The largest absolute Gasteiger partial charge is 0.309 e. The molecule has 0 saturated heterocycles. The maximum Gasteiger partial charge on any atom is 0.123 e. The number of hydrogen-bond acceptors (Lipinski definition) is 4. The normalized spacial score (nSPS) is 12.6. The van der Waals surface area contributed by atoms with Gasteiger partial charge >= 0.3 is 0 Å². The van der Waals surface area contributed by atoms with Crippen LogP contribution in [0.4, 0.5) is 0 Å². The molecule has 1 aromatic carbocycles. The highest BCUT2D eigenvalue weighted by Crippen LogP contribution is 2.26. The minimum atomic E-state index is 0.547. The van der Waals surface area contributed by atoms with Gasteiger partial charge in [-0.25, -0.2) is 4.98 Å². The van der Waals surface area contributed by atoms with Crippen molar-refractivity contribution in [1.29, 1.82) is 0 Å². The molecule has 1 aromatic heterocycles. The first-order valence-electron chi connectivity index (χ1n) is 7.14. The summed E-state index contributed by atoms with van der Waals surface area (Å²) in [5.74, 6) is 1.11. The van der Waals surface area contributed by atoms with Crippen molar-refractivity contribution in [2.24, 2.45) is 0 Å². The molecule has 0 saturated carbocycles. The number of rotatable bonds is 7. The van der Waals surface area contributed by atoms with Gasteiger partial charge in [-0.15, -0.1) is 23.1 Å². The molecule has 0 bridgehead atoms. The van der Waals surface area contributed by atoms with Gasteiger partial charge in [0.05, 0.1) is 5.69 Å². The Bertz CT molecular complexity index is 520. The van der Waals surface area contributed by atoms with Crippen LogP contribution in [0.1, 0.15) is 32.9 Å². The summed E-state index contributed by atoms with van der Waals surface area (Å²) in [6, 6.07) is 9.25. The third kappa shape index (κ3) is 4.33. The number of nitrogens with one attached hydrogen (secondary N) is 1. The summed E-state index contributed by atoms with van der Waals surface area (Å²) >= 11 is 3.59. The van der Waals surface area contributed by atoms with Crippen LogP contribution in [0.3, 0.4) is 0 Å². The number of hydrogen-bond donors (Lipinski definition) is 1. The fraction of sp³-hybridized carbons (Fsp3) is 0.438. The van der Waals surface area contributed by atoms with E-state index in [9.17, 15) is 0 Å². The minimum absolute atomic E-state index is 0.547. The van der Waals surface area contributed by atoms with Crippen LogP contribution < -0.4 is 5.32 Å². The lowest BCUT2D eigenvalue weighted by atomic mass is 10.2. The van der Waals surface area contributed by atoms with Gasteiger partial charge < -0.3 is 5.32 Å². The Hall–Kier alpha value is -0.840. The number of nitrogens with zero attached hydrogens (tertiary/aromatic N) is 1. The van der Waals surface area contributed by atoms with Gasteiger partial charge in [0.15, 0.2) is 0 Å². The highest BCUT2D eigenvalue weighted by Gasteiger charge is 2.06. The lowest BCUT2D eigenvalue weighted by Gasteiger charge is -2.08. The van der Waals surface area contributed by atoms with E-state index in [1.807, 2.05) is 11.8 Å². The van der Waals surface area contributed by atoms with Crippen molar-refractivity contribution in [3.63, 3.8) is 0 Å². The first kappa shape index (κ1) is 15.5. The van der Waals surface area contributed by atoms with Gasteiger partial charge in [0.1, 0.15) is 5.01 Å². The Morgan fingerprint density at radius 2 is 2.00 bits per heavy atom. The van der Waals surface area contributed by atoms with Crippen molar-refractivity contribution in [3.8, 4) is 10.6 Å². The van der Waals surface area contributed by atoms with Crippen molar-refractivity contribution < 1.29 is 0 Å². The quantitative estimate of drug-likeness (QED) is 0.743. The van der Waals surface area contributed by atoms with Crippen molar-refractivity contribution >= 4 is 23.1 Å². The third-order valence-corrected chi connectivity index (χ3v) is 5.04. The fourth-order valence-corrected chi connectivity index (χ4v) is 3.29. The van der Waals surface area contributed by atoms with Gasteiger partial charge in [-0.1, -0.05) is 26.0 Å². The number of thioether (sulfide) groups is 1. The Kier molecular flexibility index (Phi) is 6.07. The average Bonchev–Trinajstić information content (AvgIpc) is 2.95. The highest BCUT2D eigenvalue weighted by molar-refractivity contribution is 7.99. The number of benzene rings is 1. The molecule has 4 heteroatoms. The summed E-state index contributed by atoms with van der Waals surface area (Å²) in [5.41, 5.74) is 2.35. The van der Waals surface area contributed by atoms with Crippen LogP contribution in [-0.4, -0.2) is 16.8 Å². The summed E-state index contributed by atoms with van der Waals surface area (Å²) in [6.45, 7) is 7.43. The molecular weight excluding hydrogens is 284 g/mol. The molecule has 0 fully saturated rings. The second-order valence-electron chi connectivity index (χ2n) is 4.79. The number of aromatic nitrogens is 1. The first-order chi connectivity index (χ1) is 9.72. The molecule has 1 heterocycles. The van der Waals surface area contributed by atoms with Crippen LogP contribution in [0.2, 0.25) is 0 Å². The monoisotopic (exact) mass is 306 g/mol. The summed E-state index contributed by atoms with van der Waals surface area (Å²) in [5, 5.41) is 6.74. The SMILES string of the molecule is CCSc1ccc(-c2nc(CNC(C)CC)cs2)cc1. The van der Waals surface area contributed by atoms with Crippen LogP contribution >= 0.6 is 23.1 Å². The maximum atomic E-state index is 4.71. The predicted molar refractivity (Wildman–Crippen MR) is 90.5 cm³/mol. The molecular formula is C16H22N2S2. The summed E-state index contributed by atoms with van der Waals surface area (Å²) in [4.78, 5) is 6.04. The summed E-state index contributed by atoms with van der Waals surface area (Å²) in [6.07, 6.45) is 1.15. The topological polar surface area (TPSA) is 24.9 Å². The molecule has 0 amide bonds. The minimum Gasteiger partial charge on any atom is -0.309 e. The second kappa shape index (κ2) is 7.81. The van der Waals surface area contributed by atoms with E-state index in [0.29, 0.717) is 6.04 Å². The highest BCUT2D eigenvalue weighted by atomic mass is 32.2. The van der Waals surface area contributed by atoms with E-state index in [1.165, 1.54) is 10.5 Å². The van der Waals surface area contributed by atoms with Crippen molar-refractivity contribution in [2.75, 3.05) is 5.75 Å². The molecule has 1 N–H and O–H groups in total. The Morgan fingerprint density at radius 3 is 2.65 bits per heavy atom. The average molecular weight is 306 g/mol. The third-order valence-electron chi connectivity index (χ3n) is 3.21. The molecule has 108 valence electrons. The lowest BCUT2D eigenvalue weighted by molar-refractivity contribution is 0.530. The summed E-state index contributed by atoms with van der Waals surface area (Å²) < 4.78 is 0. The maximum absolute atomic E-state index is 4.71. The molecule has 2 rings (SSSR count). The molecule has 0 spiro atoms. The van der Waals surface area contributed by atoms with Crippen LogP contribution in [0, 0.1) is 0 Å². The van der Waals surface area contributed by atoms with E-state index < -0.39 is 0 Å². The second-order valence-corrected chi connectivity index (χ2v) is 6.99. The van der Waals surface area contributed by atoms with Crippen LogP contribution in [0.15, 0.2) is 34.5 Å². The van der Waals surface area contributed by atoms with Crippen LogP contribution in [0.5, 0.6) is 0 Å². The lowest BCUT2D eigenvalue weighted by Crippen LogP contribution is -2.24. The molecule has 0 aliphatic heterocycles. The van der Waals surface area contributed by atoms with E-state index in [-0.39, 0.29) is 0 Å². The van der Waals surface area contributed by atoms with Gasteiger partial charge in [-0.05, 0) is 31.2 Å². The molecule has 2 aromatic rings. The van der Waals surface area contributed by atoms with Gasteiger partial charge in [0, 0.05) is 28.4 Å². The van der Waals surface area contributed by atoms with E-state index in [2.05, 4.69) is 55.7 Å². The molecule has 1 unspecified atom stereocenters. The van der Waals surface area contributed by atoms with Gasteiger partial charge in [-0.3, -0.25) is 0 Å². The molecule has 2 nitrogen and oxygen atoms in total. The zero-order chi connectivity index (χ0) is 14.4. The van der Waals surface area contributed by atoms with Crippen molar-refractivity contribution in [3.05, 3.63) is 35.3 Å². The smallest absolute Gasteiger partial charge is 0.123 e. The van der Waals surface area contributed by atoms with Crippen molar-refractivity contribution in [1.82, 2.24) is 10.3 Å².